The van der Waals surface area contributed by atoms with Crippen molar-refractivity contribution in [2.45, 2.75) is 25.8 Å². The number of aliphatic carboxylic acids is 1. The molecule has 0 fully saturated rings. The number of hydrogen-bond donors (Lipinski definition) is 4. The van der Waals surface area contributed by atoms with Gasteiger partial charge in [0.2, 0.25) is 11.9 Å². The highest BCUT2D eigenvalue weighted by Gasteiger charge is 2.21. The van der Waals surface area contributed by atoms with E-state index >= 15 is 0 Å². The van der Waals surface area contributed by atoms with Crippen LogP contribution < -0.4 is 16.0 Å². The molecule has 1 aromatic heterocycles. The Morgan fingerprint density at radius 2 is 1.89 bits per heavy atom. The van der Waals surface area contributed by atoms with Crippen LogP contribution in [0.4, 0.5) is 23.1 Å². The number of amides is 2. The third kappa shape index (κ3) is 5.98. The molecule has 4 rings (SSSR count). The normalized spacial score (nSPS) is 12.4. The van der Waals surface area contributed by atoms with E-state index in [1.807, 2.05) is 24.3 Å². The number of fused-ring (bicyclic) bond motifs is 1. The molecule has 0 bridgehead atoms. The molecule has 0 spiro atoms. The lowest BCUT2D eigenvalue weighted by Gasteiger charge is -2.29. The van der Waals surface area contributed by atoms with Crippen LogP contribution in [0.5, 0.6) is 0 Å². The standard InChI is InChI=1S/C25H25BrN6O4/c1-27-24(36)18-4-2-3-5-20(18)30-23-19(26)13-28-25(31-23)29-17-7-6-15-10-11-32(14-16(15)12-17)21(33)8-9-22(34)35/h2-7,12-13H,8-11,14H2,1H3,(H,27,36)(H,34,35)(H2,28,29,30,31). The molecule has 0 saturated heterocycles. The maximum atomic E-state index is 12.4. The molecule has 4 N–H and O–H groups in total. The monoisotopic (exact) mass is 552 g/mol. The van der Waals surface area contributed by atoms with Crippen LogP contribution >= 0.6 is 15.9 Å². The number of halogens is 1. The maximum absolute atomic E-state index is 12.4. The Morgan fingerprint density at radius 3 is 2.67 bits per heavy atom. The molecule has 0 atom stereocenters. The molecule has 36 heavy (non-hydrogen) atoms. The van der Waals surface area contributed by atoms with E-state index in [9.17, 15) is 14.4 Å². The lowest BCUT2D eigenvalue weighted by atomic mass is 9.98. The fourth-order valence-electron chi connectivity index (χ4n) is 3.92. The highest BCUT2D eigenvalue weighted by atomic mass is 79.9. The van der Waals surface area contributed by atoms with Crippen LogP contribution in [0, 0.1) is 0 Å². The van der Waals surface area contributed by atoms with Crippen LogP contribution in [0.15, 0.2) is 53.1 Å². The van der Waals surface area contributed by atoms with Gasteiger partial charge in [0.15, 0.2) is 0 Å². The zero-order valence-electron chi connectivity index (χ0n) is 19.5. The third-order valence-electron chi connectivity index (χ3n) is 5.78. The largest absolute Gasteiger partial charge is 0.481 e. The smallest absolute Gasteiger partial charge is 0.303 e. The molecule has 0 saturated carbocycles. The number of carboxylic acid groups (broad SMARTS) is 1. The van der Waals surface area contributed by atoms with Crippen molar-refractivity contribution in [3.8, 4) is 0 Å². The third-order valence-corrected chi connectivity index (χ3v) is 6.36. The second-order valence-corrected chi connectivity index (χ2v) is 9.06. The minimum Gasteiger partial charge on any atom is -0.481 e. The van der Waals surface area contributed by atoms with Crippen molar-refractivity contribution in [1.29, 1.82) is 0 Å². The summed E-state index contributed by atoms with van der Waals surface area (Å²) >= 11 is 3.45. The van der Waals surface area contributed by atoms with E-state index in [1.165, 1.54) is 0 Å². The summed E-state index contributed by atoms with van der Waals surface area (Å²) in [6.45, 7) is 0.994. The number of benzene rings is 2. The predicted molar refractivity (Wildman–Crippen MR) is 139 cm³/mol. The second-order valence-electron chi connectivity index (χ2n) is 8.21. The van der Waals surface area contributed by atoms with E-state index in [2.05, 4.69) is 41.8 Å². The Bertz CT molecular complexity index is 1320. The molecular weight excluding hydrogens is 528 g/mol. The van der Waals surface area contributed by atoms with E-state index in [4.69, 9.17) is 5.11 Å². The first kappa shape index (κ1) is 25.1. The molecular formula is C25H25BrN6O4. The lowest BCUT2D eigenvalue weighted by molar-refractivity contribution is -0.141. The SMILES string of the molecule is CNC(=O)c1ccccc1Nc1nc(Nc2ccc3c(c2)CN(C(=O)CCC(=O)O)CC3)ncc1Br. The van der Waals surface area contributed by atoms with Gasteiger partial charge in [-0.25, -0.2) is 4.98 Å². The van der Waals surface area contributed by atoms with E-state index < -0.39 is 5.97 Å². The number of anilines is 4. The number of nitrogens with one attached hydrogen (secondary N) is 3. The Balaban J connectivity index is 1.50. The fraction of sp³-hybridized carbons (Fsp3) is 0.240. The number of carboxylic acids is 1. The molecule has 2 amide bonds. The van der Waals surface area contributed by atoms with Gasteiger partial charge in [0.25, 0.3) is 5.91 Å². The molecule has 0 radical (unpaired) electrons. The van der Waals surface area contributed by atoms with Crippen LogP contribution in [0.3, 0.4) is 0 Å². The quantitative estimate of drug-likeness (QED) is 0.331. The van der Waals surface area contributed by atoms with Gasteiger partial charge in [-0.15, -0.1) is 0 Å². The molecule has 2 heterocycles. The van der Waals surface area contributed by atoms with Crippen molar-refractivity contribution in [2.75, 3.05) is 24.2 Å². The van der Waals surface area contributed by atoms with Crippen molar-refractivity contribution in [3.63, 3.8) is 0 Å². The summed E-state index contributed by atoms with van der Waals surface area (Å²) in [5.41, 5.74) is 3.98. The molecule has 0 unspecified atom stereocenters. The number of hydrogen-bond acceptors (Lipinski definition) is 7. The molecule has 2 aromatic carbocycles. The van der Waals surface area contributed by atoms with E-state index in [0.29, 0.717) is 47.0 Å². The number of para-hydroxylation sites is 1. The summed E-state index contributed by atoms with van der Waals surface area (Å²) < 4.78 is 0.626. The molecule has 0 aliphatic carbocycles. The topological polar surface area (TPSA) is 137 Å². The summed E-state index contributed by atoms with van der Waals surface area (Å²) in [4.78, 5) is 46.0. The first-order valence-corrected chi connectivity index (χ1v) is 12.1. The maximum Gasteiger partial charge on any atom is 0.303 e. The van der Waals surface area contributed by atoms with Gasteiger partial charge in [0.1, 0.15) is 5.82 Å². The zero-order chi connectivity index (χ0) is 25.7. The van der Waals surface area contributed by atoms with Gasteiger partial charge in [0.05, 0.1) is 22.1 Å². The van der Waals surface area contributed by atoms with Crippen molar-refractivity contribution in [2.24, 2.45) is 0 Å². The number of rotatable bonds is 8. The van der Waals surface area contributed by atoms with Crippen LogP contribution in [0.1, 0.15) is 34.3 Å². The van der Waals surface area contributed by atoms with Crippen molar-refractivity contribution < 1.29 is 19.5 Å². The van der Waals surface area contributed by atoms with Gasteiger partial charge >= 0.3 is 5.97 Å². The van der Waals surface area contributed by atoms with E-state index in [0.717, 1.165) is 16.8 Å². The van der Waals surface area contributed by atoms with Crippen LogP contribution in [0.2, 0.25) is 0 Å². The summed E-state index contributed by atoms with van der Waals surface area (Å²) in [6, 6.07) is 13.0. The number of carbonyl (C=O) groups is 3. The highest BCUT2D eigenvalue weighted by molar-refractivity contribution is 9.10. The van der Waals surface area contributed by atoms with Gasteiger partial charge in [-0.3, -0.25) is 14.4 Å². The molecule has 11 heteroatoms. The summed E-state index contributed by atoms with van der Waals surface area (Å²) in [7, 11) is 1.57. The predicted octanol–water partition coefficient (Wildman–Crippen LogP) is 3.84. The molecule has 10 nitrogen and oxygen atoms in total. The van der Waals surface area contributed by atoms with Crippen LogP contribution in [-0.2, 0) is 22.6 Å². The van der Waals surface area contributed by atoms with E-state index in [1.54, 1.807) is 36.3 Å². The van der Waals surface area contributed by atoms with Crippen molar-refractivity contribution in [1.82, 2.24) is 20.2 Å². The first-order valence-electron chi connectivity index (χ1n) is 11.3. The summed E-state index contributed by atoms with van der Waals surface area (Å²) in [6.07, 6.45) is 2.15. The number of aromatic nitrogens is 2. The average molecular weight is 553 g/mol. The minimum atomic E-state index is -0.979. The highest BCUT2D eigenvalue weighted by Crippen LogP contribution is 2.28. The van der Waals surface area contributed by atoms with Gasteiger partial charge < -0.3 is 26.0 Å². The Kier molecular flexibility index (Phi) is 7.79. The van der Waals surface area contributed by atoms with Crippen LogP contribution in [0.25, 0.3) is 0 Å². The number of carbonyl (C=O) groups excluding carboxylic acids is 2. The number of nitrogens with zero attached hydrogens (tertiary/aromatic N) is 3. The first-order chi connectivity index (χ1) is 17.3. The Morgan fingerprint density at radius 1 is 1.08 bits per heavy atom. The zero-order valence-corrected chi connectivity index (χ0v) is 21.1. The Labute approximate surface area is 216 Å². The molecule has 1 aliphatic heterocycles. The summed E-state index contributed by atoms with van der Waals surface area (Å²) in [5.74, 6) is -0.524. The molecule has 3 aromatic rings. The van der Waals surface area contributed by atoms with Crippen LogP contribution in [-0.4, -0.2) is 51.4 Å². The van der Waals surface area contributed by atoms with E-state index in [-0.39, 0.29) is 24.7 Å². The lowest BCUT2D eigenvalue weighted by Crippen LogP contribution is -2.36. The average Bonchev–Trinajstić information content (AvgIpc) is 2.88. The van der Waals surface area contributed by atoms with Gasteiger partial charge in [0, 0.05) is 38.4 Å². The Hall–Kier alpha value is -3.99. The van der Waals surface area contributed by atoms with Gasteiger partial charge in [-0.1, -0.05) is 18.2 Å². The van der Waals surface area contributed by atoms with Crippen molar-refractivity contribution in [3.05, 3.63) is 69.8 Å². The summed E-state index contributed by atoms with van der Waals surface area (Å²) in [5, 5.41) is 17.9. The van der Waals surface area contributed by atoms with Crippen molar-refractivity contribution >= 4 is 56.9 Å². The minimum absolute atomic E-state index is 0.00579. The van der Waals surface area contributed by atoms with Gasteiger partial charge in [-0.05, 0) is 57.7 Å². The molecule has 1 aliphatic rings. The second kappa shape index (κ2) is 11.2. The fourth-order valence-corrected chi connectivity index (χ4v) is 4.21. The van der Waals surface area contributed by atoms with Gasteiger partial charge in [-0.2, -0.15) is 4.98 Å². The molecule has 186 valence electrons.